The van der Waals surface area contributed by atoms with E-state index < -0.39 is 13.4 Å². The summed E-state index contributed by atoms with van der Waals surface area (Å²) >= 11 is 0. The SMILES string of the molecule is Cc1nn(C[B-](F)(F)F)c(C)c1C.[K+]. The van der Waals surface area contributed by atoms with Crippen molar-refractivity contribution in [2.75, 3.05) is 0 Å². The Bertz CT molecular complexity index is 321. The number of halogens is 3. The van der Waals surface area contributed by atoms with Crippen molar-refractivity contribution in [2.45, 2.75) is 27.2 Å². The van der Waals surface area contributed by atoms with Gasteiger partial charge in [-0.1, -0.05) is 0 Å². The Labute approximate surface area is 124 Å². The van der Waals surface area contributed by atoms with Crippen LogP contribution in [0.1, 0.15) is 17.0 Å². The molecule has 0 radical (unpaired) electrons. The maximum absolute atomic E-state index is 12.1. The summed E-state index contributed by atoms with van der Waals surface area (Å²) < 4.78 is 37.2. The predicted molar refractivity (Wildman–Crippen MR) is 45.5 cm³/mol. The monoisotopic (exact) mass is 230 g/mol. The number of hydrogen-bond acceptors (Lipinski definition) is 1. The van der Waals surface area contributed by atoms with Crippen molar-refractivity contribution in [3.8, 4) is 0 Å². The van der Waals surface area contributed by atoms with Gasteiger partial charge in [0.2, 0.25) is 0 Å². The molecule has 0 fully saturated rings. The molecule has 0 N–H and O–H groups in total. The van der Waals surface area contributed by atoms with Crippen molar-refractivity contribution in [2.24, 2.45) is 0 Å². The van der Waals surface area contributed by atoms with E-state index in [1.165, 1.54) is 0 Å². The third kappa shape index (κ3) is 3.69. The molecule has 0 aliphatic heterocycles. The summed E-state index contributed by atoms with van der Waals surface area (Å²) in [6.07, 6.45) is -0.944. The van der Waals surface area contributed by atoms with Crippen LogP contribution in [-0.4, -0.2) is 16.8 Å². The third-order valence-electron chi connectivity index (χ3n) is 2.12. The van der Waals surface area contributed by atoms with Crippen LogP contribution in [0.4, 0.5) is 12.9 Å². The average Bonchev–Trinajstić information content (AvgIpc) is 2.15. The van der Waals surface area contributed by atoms with Crippen LogP contribution in [-0.2, 0) is 6.44 Å². The molecule has 0 saturated carbocycles. The van der Waals surface area contributed by atoms with Crippen molar-refractivity contribution in [3.05, 3.63) is 17.0 Å². The zero-order valence-electron chi connectivity index (χ0n) is 8.81. The van der Waals surface area contributed by atoms with E-state index in [2.05, 4.69) is 5.10 Å². The fraction of sp³-hybridized carbons (Fsp3) is 0.571. The van der Waals surface area contributed by atoms with Crippen molar-refractivity contribution in [3.63, 3.8) is 0 Å². The third-order valence-corrected chi connectivity index (χ3v) is 2.12. The fourth-order valence-electron chi connectivity index (χ4n) is 1.16. The molecule has 0 spiro atoms. The molecule has 0 aliphatic carbocycles. The Hall–Kier alpha value is 0.701. The maximum Gasteiger partial charge on any atom is 1.00 e. The van der Waals surface area contributed by atoms with E-state index >= 15 is 0 Å². The van der Waals surface area contributed by atoms with E-state index in [-0.39, 0.29) is 51.4 Å². The largest absolute Gasteiger partial charge is 1.00 e. The molecule has 0 saturated heterocycles. The first-order valence-corrected chi connectivity index (χ1v) is 4.03. The molecule has 1 heterocycles. The van der Waals surface area contributed by atoms with Crippen molar-refractivity contribution in [1.82, 2.24) is 9.78 Å². The fourth-order valence-corrected chi connectivity index (χ4v) is 1.16. The maximum atomic E-state index is 12.1. The summed E-state index contributed by atoms with van der Waals surface area (Å²) in [5, 5.41) is 3.81. The molecule has 1 aromatic heterocycles. The molecule has 74 valence electrons. The van der Waals surface area contributed by atoms with E-state index in [1.54, 1.807) is 20.8 Å². The van der Waals surface area contributed by atoms with Crippen LogP contribution in [0.3, 0.4) is 0 Å². The average molecular weight is 230 g/mol. The number of rotatable bonds is 2. The minimum atomic E-state index is -4.80. The van der Waals surface area contributed by atoms with Crippen LogP contribution in [0.25, 0.3) is 0 Å². The van der Waals surface area contributed by atoms with Gasteiger partial charge in [0.05, 0.1) is 5.69 Å². The zero-order chi connectivity index (χ0) is 10.2. The van der Waals surface area contributed by atoms with Gasteiger partial charge in [0.15, 0.2) is 0 Å². The van der Waals surface area contributed by atoms with Crippen LogP contribution < -0.4 is 51.4 Å². The smallest absolute Gasteiger partial charge is 0.448 e. The molecule has 1 aromatic rings. The molecule has 1 rings (SSSR count). The zero-order valence-corrected chi connectivity index (χ0v) is 11.9. The Kier molecular flexibility index (Phi) is 5.42. The van der Waals surface area contributed by atoms with Gasteiger partial charge < -0.3 is 12.9 Å². The van der Waals surface area contributed by atoms with Gasteiger partial charge in [-0.25, -0.2) is 0 Å². The van der Waals surface area contributed by atoms with Crippen LogP contribution in [0.15, 0.2) is 0 Å². The second-order valence-corrected chi connectivity index (χ2v) is 3.19. The van der Waals surface area contributed by atoms with E-state index in [0.29, 0.717) is 11.4 Å². The van der Waals surface area contributed by atoms with Gasteiger partial charge >= 0.3 is 58.4 Å². The predicted octanol–water partition coefficient (Wildman–Crippen LogP) is -0.801. The first kappa shape index (κ1) is 14.7. The molecule has 0 aromatic carbocycles. The summed E-state index contributed by atoms with van der Waals surface area (Å²) in [4.78, 5) is 0. The molecule has 0 aliphatic rings. The summed E-state index contributed by atoms with van der Waals surface area (Å²) in [6.45, 7) is 0.334. The van der Waals surface area contributed by atoms with Gasteiger partial charge in [0.25, 0.3) is 0 Å². The van der Waals surface area contributed by atoms with Gasteiger partial charge in [-0.2, -0.15) is 5.10 Å². The molecule has 0 amide bonds. The first-order chi connectivity index (χ1) is 5.81. The van der Waals surface area contributed by atoms with Gasteiger partial charge in [0, 0.05) is 12.1 Å². The van der Waals surface area contributed by atoms with Crippen molar-refractivity contribution < 1.29 is 64.3 Å². The number of aryl methyl sites for hydroxylation is 1. The van der Waals surface area contributed by atoms with E-state index in [4.69, 9.17) is 0 Å². The van der Waals surface area contributed by atoms with Gasteiger partial charge in [0.1, 0.15) is 0 Å². The molecule has 7 heteroatoms. The quantitative estimate of drug-likeness (QED) is 0.608. The minimum absolute atomic E-state index is 0. The molecule has 0 bridgehead atoms. The standard InChI is InChI=1S/C7H11BF3N2.K/c1-5-6(2)12-13(7(5)3)4-8(9,10)11;/h4H2,1-3H3;/q-1;+1. The summed E-state index contributed by atoms with van der Waals surface area (Å²) in [7, 11) is 0. The number of nitrogens with zero attached hydrogens (tertiary/aromatic N) is 2. The number of hydrogen-bond donors (Lipinski definition) is 0. The van der Waals surface area contributed by atoms with Crippen LogP contribution >= 0.6 is 0 Å². The van der Waals surface area contributed by atoms with Crippen molar-refractivity contribution in [1.29, 1.82) is 0 Å². The van der Waals surface area contributed by atoms with Gasteiger partial charge in [-0.3, -0.25) is 4.68 Å². The summed E-state index contributed by atoms with van der Waals surface area (Å²) in [5.74, 6) is 0. The van der Waals surface area contributed by atoms with E-state index in [0.717, 1.165) is 10.2 Å². The topological polar surface area (TPSA) is 17.8 Å². The summed E-state index contributed by atoms with van der Waals surface area (Å²) in [6, 6.07) is 0. The molecule has 14 heavy (non-hydrogen) atoms. The van der Waals surface area contributed by atoms with E-state index in [9.17, 15) is 12.9 Å². The molecular weight excluding hydrogens is 219 g/mol. The molecule has 2 nitrogen and oxygen atoms in total. The Balaban J connectivity index is 0.00000169. The second kappa shape index (κ2) is 5.16. The normalized spacial score (nSPS) is 11.3. The Morgan fingerprint density at radius 1 is 1.21 bits per heavy atom. The van der Waals surface area contributed by atoms with Gasteiger partial charge in [-0.05, 0) is 26.3 Å². The molecule has 0 atom stereocenters. The number of aromatic nitrogens is 2. The summed E-state index contributed by atoms with van der Waals surface area (Å²) in [5.41, 5.74) is 2.09. The van der Waals surface area contributed by atoms with Crippen LogP contribution in [0.5, 0.6) is 0 Å². The molecular formula is C7H11BF3KN2. The minimum Gasteiger partial charge on any atom is -0.448 e. The van der Waals surface area contributed by atoms with Crippen LogP contribution in [0.2, 0.25) is 0 Å². The Morgan fingerprint density at radius 3 is 2.00 bits per heavy atom. The molecule has 0 unspecified atom stereocenters. The van der Waals surface area contributed by atoms with Crippen molar-refractivity contribution >= 4 is 6.98 Å². The van der Waals surface area contributed by atoms with E-state index in [1.807, 2.05) is 0 Å². The first-order valence-electron chi connectivity index (χ1n) is 4.03. The Morgan fingerprint density at radius 2 is 1.71 bits per heavy atom. The van der Waals surface area contributed by atoms with Crippen LogP contribution in [0, 0.1) is 20.8 Å². The second-order valence-electron chi connectivity index (χ2n) is 3.19. The van der Waals surface area contributed by atoms with Gasteiger partial charge in [-0.15, -0.1) is 0 Å².